The number of H-pyrrole nitrogens is 1. The molecule has 138 valence electrons. The molecular formula is C17H18N8OS. The van der Waals surface area contributed by atoms with Crippen LogP contribution in [0.1, 0.15) is 19.3 Å². The van der Waals surface area contributed by atoms with E-state index in [1.165, 1.54) is 6.33 Å². The van der Waals surface area contributed by atoms with Crippen LogP contribution in [0, 0.1) is 16.1 Å². The highest BCUT2D eigenvalue weighted by atomic mass is 32.2. The molecule has 1 atom stereocenters. The van der Waals surface area contributed by atoms with E-state index in [0.717, 1.165) is 35.1 Å². The van der Waals surface area contributed by atoms with E-state index in [4.69, 9.17) is 4.78 Å². The molecule has 3 aromatic rings. The van der Waals surface area contributed by atoms with Crippen molar-refractivity contribution in [1.82, 2.24) is 29.0 Å². The van der Waals surface area contributed by atoms with Crippen LogP contribution in [0.5, 0.6) is 0 Å². The second-order valence-corrected chi connectivity index (χ2v) is 9.58. The van der Waals surface area contributed by atoms with E-state index in [0.29, 0.717) is 13.1 Å². The number of nitrogens with one attached hydrogen (secondary N) is 2. The summed E-state index contributed by atoms with van der Waals surface area (Å²) in [5.41, 5.74) is 1.83. The van der Waals surface area contributed by atoms with Crippen LogP contribution in [0.4, 0.5) is 0 Å². The molecule has 0 spiro atoms. The lowest BCUT2D eigenvalue weighted by Gasteiger charge is -2.49. The summed E-state index contributed by atoms with van der Waals surface area (Å²) in [4.78, 5) is 11.7. The van der Waals surface area contributed by atoms with E-state index in [2.05, 4.69) is 26.1 Å². The van der Waals surface area contributed by atoms with Crippen molar-refractivity contribution in [3.05, 3.63) is 31.0 Å². The number of nitrogens with zero attached hydrogens (tertiary/aromatic N) is 6. The zero-order valence-electron chi connectivity index (χ0n) is 14.5. The zero-order valence-corrected chi connectivity index (χ0v) is 15.3. The number of hydrogen-bond acceptors (Lipinski definition) is 6. The lowest BCUT2D eigenvalue weighted by atomic mass is 9.89. The standard InChI is InChI=1S/C17H18N8OS/c18-5-4-17(9-24(10-17)27(19,26)13-1-2-13)25-8-12(7-23-25)15-14-3-6-20-16(14)22-11-21-15/h3,6-8,11,13,19H,1-2,4,9-10H2,(H,20,21,22)/t27-/m0/s1. The molecule has 1 saturated heterocycles. The van der Waals surface area contributed by atoms with Crippen molar-refractivity contribution >= 4 is 20.9 Å². The Kier molecular flexibility index (Phi) is 3.41. The van der Waals surface area contributed by atoms with Gasteiger partial charge in [-0.15, -0.1) is 0 Å². The molecule has 2 fully saturated rings. The van der Waals surface area contributed by atoms with E-state index in [-0.39, 0.29) is 11.7 Å². The SMILES string of the molecule is N#CCC1(n2cc(-c3ncnc4[nH]ccc34)cn2)CN([S@](=N)(=O)C2CC2)C1. The molecule has 5 rings (SSSR count). The smallest absolute Gasteiger partial charge is 0.141 e. The van der Waals surface area contributed by atoms with Gasteiger partial charge < -0.3 is 4.98 Å². The van der Waals surface area contributed by atoms with E-state index < -0.39 is 15.5 Å². The number of rotatable bonds is 5. The zero-order chi connectivity index (χ0) is 18.6. The maximum absolute atomic E-state index is 12.7. The highest BCUT2D eigenvalue weighted by Gasteiger charge is 2.52. The summed E-state index contributed by atoms with van der Waals surface area (Å²) >= 11 is 0. The highest BCUT2D eigenvalue weighted by molar-refractivity contribution is 7.91. The Bertz CT molecular complexity index is 1160. The molecule has 0 unspecified atom stereocenters. The molecule has 1 saturated carbocycles. The van der Waals surface area contributed by atoms with Gasteiger partial charge in [0, 0.05) is 36.4 Å². The van der Waals surface area contributed by atoms with Gasteiger partial charge in [0.25, 0.3) is 0 Å². The van der Waals surface area contributed by atoms with Gasteiger partial charge in [-0.3, -0.25) is 4.68 Å². The second-order valence-electron chi connectivity index (χ2n) is 7.26. The van der Waals surface area contributed by atoms with Gasteiger partial charge in [0.05, 0.1) is 29.6 Å². The first-order valence-corrected chi connectivity index (χ1v) is 10.3. The summed E-state index contributed by atoms with van der Waals surface area (Å²) in [7, 11) is -2.73. The van der Waals surface area contributed by atoms with E-state index >= 15 is 0 Å². The molecule has 1 aliphatic heterocycles. The Morgan fingerprint density at radius 1 is 1.41 bits per heavy atom. The summed E-state index contributed by atoms with van der Waals surface area (Å²) in [6.45, 7) is 0.813. The maximum atomic E-state index is 12.7. The molecule has 0 radical (unpaired) electrons. The van der Waals surface area contributed by atoms with Gasteiger partial charge in [-0.1, -0.05) is 0 Å². The molecule has 3 aromatic heterocycles. The summed E-state index contributed by atoms with van der Waals surface area (Å²) in [5.74, 6) is 0. The van der Waals surface area contributed by atoms with Gasteiger partial charge in [-0.2, -0.15) is 10.4 Å². The third-order valence-electron chi connectivity index (χ3n) is 5.41. The predicted octanol–water partition coefficient (Wildman–Crippen LogP) is 1.87. The average molecular weight is 382 g/mol. The number of aromatic amines is 1. The number of aromatic nitrogens is 5. The van der Waals surface area contributed by atoms with Crippen LogP contribution in [-0.4, -0.2) is 51.6 Å². The average Bonchev–Trinajstić information content (AvgIpc) is 3.19. The fraction of sp³-hybridized carbons (Fsp3) is 0.412. The Hall–Kier alpha value is -2.77. The molecule has 2 N–H and O–H groups in total. The van der Waals surface area contributed by atoms with E-state index in [1.54, 1.807) is 15.2 Å². The molecule has 10 heteroatoms. The summed E-state index contributed by atoms with van der Waals surface area (Å²) in [5, 5.41) is 14.7. The van der Waals surface area contributed by atoms with Crippen LogP contribution in [0.25, 0.3) is 22.3 Å². The van der Waals surface area contributed by atoms with Crippen LogP contribution in [0.2, 0.25) is 0 Å². The summed E-state index contributed by atoms with van der Waals surface area (Å²) in [6, 6.07) is 4.15. The molecule has 4 heterocycles. The fourth-order valence-electron chi connectivity index (χ4n) is 3.69. The number of fused-ring (bicyclic) bond motifs is 1. The molecule has 27 heavy (non-hydrogen) atoms. The van der Waals surface area contributed by atoms with Gasteiger partial charge in [0.1, 0.15) is 27.4 Å². The normalized spacial score (nSPS) is 21.4. The van der Waals surface area contributed by atoms with Crippen molar-refractivity contribution in [2.75, 3.05) is 13.1 Å². The van der Waals surface area contributed by atoms with Gasteiger partial charge >= 0.3 is 0 Å². The largest absolute Gasteiger partial charge is 0.346 e. The van der Waals surface area contributed by atoms with Crippen molar-refractivity contribution in [2.24, 2.45) is 0 Å². The predicted molar refractivity (Wildman–Crippen MR) is 98.8 cm³/mol. The highest BCUT2D eigenvalue weighted by Crippen LogP contribution is 2.40. The van der Waals surface area contributed by atoms with Crippen molar-refractivity contribution in [2.45, 2.75) is 30.1 Å². The minimum Gasteiger partial charge on any atom is -0.346 e. The van der Waals surface area contributed by atoms with Crippen LogP contribution in [-0.2, 0) is 15.5 Å². The Balaban J connectivity index is 1.47. The van der Waals surface area contributed by atoms with Gasteiger partial charge in [-0.25, -0.2) is 23.3 Å². The van der Waals surface area contributed by atoms with Gasteiger partial charge in [0.15, 0.2) is 0 Å². The quantitative estimate of drug-likeness (QED) is 0.696. The first-order valence-electron chi connectivity index (χ1n) is 8.77. The Morgan fingerprint density at radius 2 is 2.22 bits per heavy atom. The summed E-state index contributed by atoms with van der Waals surface area (Å²) < 4.78 is 24.4. The van der Waals surface area contributed by atoms with Gasteiger partial charge in [-0.05, 0) is 18.9 Å². The Labute approximate surface area is 156 Å². The van der Waals surface area contributed by atoms with Crippen molar-refractivity contribution in [1.29, 1.82) is 10.0 Å². The minimum absolute atomic E-state index is 0.0198. The fourth-order valence-corrected chi connectivity index (χ4v) is 5.75. The van der Waals surface area contributed by atoms with Crippen molar-refractivity contribution in [3.63, 3.8) is 0 Å². The minimum atomic E-state index is -2.73. The molecule has 0 amide bonds. The molecule has 2 aliphatic rings. The maximum Gasteiger partial charge on any atom is 0.141 e. The van der Waals surface area contributed by atoms with Crippen LogP contribution in [0.15, 0.2) is 31.0 Å². The molecule has 0 aromatic carbocycles. The van der Waals surface area contributed by atoms with Crippen molar-refractivity contribution < 1.29 is 4.21 Å². The lowest BCUT2D eigenvalue weighted by Crippen LogP contribution is -2.64. The molecular weight excluding hydrogens is 364 g/mol. The summed E-state index contributed by atoms with van der Waals surface area (Å²) in [6.07, 6.45) is 8.91. The first-order chi connectivity index (χ1) is 13.0. The van der Waals surface area contributed by atoms with Crippen LogP contribution in [0.3, 0.4) is 0 Å². The van der Waals surface area contributed by atoms with E-state index in [9.17, 15) is 9.47 Å². The number of hydrogen-bond donors (Lipinski definition) is 2. The van der Waals surface area contributed by atoms with Crippen LogP contribution < -0.4 is 0 Å². The Morgan fingerprint density at radius 3 is 2.96 bits per heavy atom. The number of nitriles is 1. The lowest BCUT2D eigenvalue weighted by molar-refractivity contribution is 0.0745. The monoisotopic (exact) mass is 382 g/mol. The van der Waals surface area contributed by atoms with Crippen molar-refractivity contribution in [3.8, 4) is 17.3 Å². The third-order valence-corrected chi connectivity index (χ3v) is 7.81. The first kappa shape index (κ1) is 16.4. The second kappa shape index (κ2) is 5.61. The molecule has 1 aliphatic carbocycles. The van der Waals surface area contributed by atoms with Crippen LogP contribution >= 0.6 is 0 Å². The van der Waals surface area contributed by atoms with Gasteiger partial charge in [0.2, 0.25) is 0 Å². The third kappa shape index (κ3) is 2.46. The van der Waals surface area contributed by atoms with E-state index in [1.807, 2.05) is 18.5 Å². The molecule has 0 bridgehead atoms. The molecule has 9 nitrogen and oxygen atoms in total. The topological polar surface area (TPSA) is 127 Å².